The van der Waals surface area contributed by atoms with Crippen LogP contribution in [0.1, 0.15) is 42.1 Å². The van der Waals surface area contributed by atoms with Crippen molar-refractivity contribution in [3.05, 3.63) is 78.4 Å². The molecule has 172 valence electrons. The molecule has 3 aromatic carbocycles. The lowest BCUT2D eigenvalue weighted by Gasteiger charge is -2.31. The second kappa shape index (κ2) is 8.61. The summed E-state index contributed by atoms with van der Waals surface area (Å²) in [5.41, 5.74) is 5.56. The maximum atomic E-state index is 12.9. The van der Waals surface area contributed by atoms with Crippen LogP contribution in [0.15, 0.2) is 72.8 Å². The van der Waals surface area contributed by atoms with Crippen LogP contribution in [-0.4, -0.2) is 39.8 Å². The number of carbonyl (C=O) groups excluding carboxylic acids is 1. The first kappa shape index (κ1) is 20.9. The van der Waals surface area contributed by atoms with Gasteiger partial charge in [-0.05, 0) is 68.1 Å². The molecular weight excluding hydrogens is 424 g/mol. The third-order valence-corrected chi connectivity index (χ3v) is 6.85. The predicted octanol–water partition coefficient (Wildman–Crippen LogP) is 5.25. The van der Waals surface area contributed by atoms with Gasteiger partial charge in [-0.2, -0.15) is 0 Å². The predicted molar refractivity (Wildman–Crippen MR) is 135 cm³/mol. The van der Waals surface area contributed by atoms with E-state index in [0.717, 1.165) is 59.7 Å². The van der Waals surface area contributed by atoms with Gasteiger partial charge in [0.05, 0.1) is 17.1 Å². The molecule has 6 rings (SSSR count). The molecule has 0 spiro atoms. The van der Waals surface area contributed by atoms with Crippen LogP contribution in [0.5, 0.6) is 0 Å². The van der Waals surface area contributed by atoms with Crippen LogP contribution >= 0.6 is 0 Å². The van der Waals surface area contributed by atoms with Crippen molar-refractivity contribution in [3.63, 3.8) is 0 Å². The number of nitrogens with zero attached hydrogens (tertiary/aromatic N) is 3. The monoisotopic (exact) mass is 452 g/mol. The quantitative estimate of drug-likeness (QED) is 0.434. The zero-order valence-corrected chi connectivity index (χ0v) is 19.0. The van der Waals surface area contributed by atoms with Gasteiger partial charge in [0.1, 0.15) is 5.82 Å². The Morgan fingerprint density at radius 1 is 0.912 bits per heavy atom. The molecule has 0 unspecified atom stereocenters. The van der Waals surface area contributed by atoms with Gasteiger partial charge >= 0.3 is 0 Å². The molecule has 1 aliphatic carbocycles. The fourth-order valence-electron chi connectivity index (χ4n) is 4.82. The molecule has 2 fully saturated rings. The Morgan fingerprint density at radius 3 is 2.35 bits per heavy atom. The highest BCUT2D eigenvalue weighted by molar-refractivity contribution is 6.05. The Balaban J connectivity index is 1.22. The number of benzene rings is 3. The molecule has 0 atom stereocenters. The Labute approximate surface area is 198 Å². The second-order valence-electron chi connectivity index (χ2n) is 9.33. The molecule has 1 saturated carbocycles. The molecule has 1 aromatic heterocycles. The van der Waals surface area contributed by atoms with E-state index in [2.05, 4.69) is 33.0 Å². The minimum Gasteiger partial charge on any atom is -0.393 e. The van der Waals surface area contributed by atoms with Crippen LogP contribution < -0.4 is 10.2 Å². The third-order valence-electron chi connectivity index (χ3n) is 6.85. The first-order valence-electron chi connectivity index (χ1n) is 12.1. The average Bonchev–Trinajstić information content (AvgIpc) is 3.65. The number of amides is 1. The van der Waals surface area contributed by atoms with Gasteiger partial charge in [-0.15, -0.1) is 0 Å². The topological polar surface area (TPSA) is 70.4 Å². The lowest BCUT2D eigenvalue weighted by Crippen LogP contribution is -2.35. The Kier molecular flexibility index (Phi) is 5.30. The molecule has 1 amide bonds. The molecular formula is C28H28N4O2. The molecule has 1 aliphatic heterocycles. The van der Waals surface area contributed by atoms with E-state index in [9.17, 15) is 9.90 Å². The number of hydrogen-bond donors (Lipinski definition) is 2. The van der Waals surface area contributed by atoms with Crippen LogP contribution in [0.4, 0.5) is 11.4 Å². The smallest absolute Gasteiger partial charge is 0.255 e. The Hall–Kier alpha value is -3.64. The number of rotatable bonds is 5. The fraction of sp³-hybridized carbons (Fsp3) is 0.286. The van der Waals surface area contributed by atoms with Gasteiger partial charge in [-0.25, -0.2) is 4.98 Å². The van der Waals surface area contributed by atoms with Crippen LogP contribution in [0.3, 0.4) is 0 Å². The van der Waals surface area contributed by atoms with Crippen LogP contribution in [0.25, 0.3) is 22.4 Å². The molecule has 6 heteroatoms. The Morgan fingerprint density at radius 2 is 1.65 bits per heavy atom. The number of fused-ring (bicyclic) bond motifs is 1. The first-order valence-corrected chi connectivity index (χ1v) is 12.1. The van der Waals surface area contributed by atoms with E-state index in [-0.39, 0.29) is 12.0 Å². The van der Waals surface area contributed by atoms with E-state index in [0.29, 0.717) is 11.6 Å². The first-order chi connectivity index (χ1) is 16.7. The number of hydrogen-bond acceptors (Lipinski definition) is 4. The third kappa shape index (κ3) is 4.05. The normalized spacial score (nSPS) is 16.7. The number of aliphatic hydroxyl groups is 1. The maximum absolute atomic E-state index is 12.9. The number of carbonyl (C=O) groups is 1. The van der Waals surface area contributed by atoms with Crippen molar-refractivity contribution in [2.24, 2.45) is 0 Å². The lowest BCUT2D eigenvalue weighted by atomic mass is 10.1. The Bertz CT molecular complexity index is 1320. The van der Waals surface area contributed by atoms with Crippen molar-refractivity contribution < 1.29 is 9.90 Å². The van der Waals surface area contributed by atoms with Crippen molar-refractivity contribution in [2.45, 2.75) is 37.8 Å². The van der Waals surface area contributed by atoms with Gasteiger partial charge in [0, 0.05) is 41.6 Å². The number of imidazole rings is 1. The van der Waals surface area contributed by atoms with Crippen molar-refractivity contribution in [3.8, 4) is 11.4 Å². The van der Waals surface area contributed by atoms with Crippen molar-refractivity contribution in [1.82, 2.24) is 9.55 Å². The second-order valence-corrected chi connectivity index (χ2v) is 9.33. The van der Waals surface area contributed by atoms with Crippen molar-refractivity contribution >= 4 is 28.3 Å². The van der Waals surface area contributed by atoms with E-state index in [1.54, 1.807) is 0 Å². The number of piperidine rings is 1. The summed E-state index contributed by atoms with van der Waals surface area (Å²) in [6.45, 7) is 1.68. The number of anilines is 2. The molecule has 2 aliphatic rings. The van der Waals surface area contributed by atoms with Crippen LogP contribution in [-0.2, 0) is 0 Å². The summed E-state index contributed by atoms with van der Waals surface area (Å²) in [5, 5.41) is 12.7. The lowest BCUT2D eigenvalue weighted by molar-refractivity contribution is 0.102. The molecule has 2 heterocycles. The van der Waals surface area contributed by atoms with E-state index >= 15 is 0 Å². The van der Waals surface area contributed by atoms with Crippen molar-refractivity contribution in [1.29, 1.82) is 0 Å². The SMILES string of the molecule is O=C(Nc1ccc2c(c1)nc(-c1ccccc1)n2C1CC1)c1ccc(N2CCC(O)CC2)cc1. The van der Waals surface area contributed by atoms with Gasteiger partial charge in [0.15, 0.2) is 0 Å². The average molecular weight is 453 g/mol. The van der Waals surface area contributed by atoms with Gasteiger partial charge < -0.3 is 19.9 Å². The summed E-state index contributed by atoms with van der Waals surface area (Å²) < 4.78 is 2.34. The highest BCUT2D eigenvalue weighted by Crippen LogP contribution is 2.41. The van der Waals surface area contributed by atoms with Gasteiger partial charge in [0.2, 0.25) is 0 Å². The summed E-state index contributed by atoms with van der Waals surface area (Å²) in [4.78, 5) is 20.1. The van der Waals surface area contributed by atoms with Gasteiger partial charge in [-0.3, -0.25) is 4.79 Å². The molecule has 1 saturated heterocycles. The molecule has 0 bridgehead atoms. The van der Waals surface area contributed by atoms with E-state index < -0.39 is 0 Å². The maximum Gasteiger partial charge on any atom is 0.255 e. The summed E-state index contributed by atoms with van der Waals surface area (Å²) in [6.07, 6.45) is 3.73. The highest BCUT2D eigenvalue weighted by atomic mass is 16.3. The number of aromatic nitrogens is 2. The zero-order chi connectivity index (χ0) is 23.1. The summed E-state index contributed by atoms with van der Waals surface area (Å²) in [6, 6.07) is 24.5. The number of aliphatic hydroxyl groups excluding tert-OH is 1. The number of nitrogens with one attached hydrogen (secondary N) is 1. The molecule has 4 aromatic rings. The van der Waals surface area contributed by atoms with E-state index in [1.165, 1.54) is 12.8 Å². The summed E-state index contributed by atoms with van der Waals surface area (Å²) >= 11 is 0. The summed E-state index contributed by atoms with van der Waals surface area (Å²) in [5.74, 6) is 0.854. The molecule has 2 N–H and O–H groups in total. The fourth-order valence-corrected chi connectivity index (χ4v) is 4.82. The molecule has 6 nitrogen and oxygen atoms in total. The minimum absolute atomic E-state index is 0.134. The van der Waals surface area contributed by atoms with Gasteiger partial charge in [0.25, 0.3) is 5.91 Å². The zero-order valence-electron chi connectivity index (χ0n) is 19.0. The standard InChI is InChI=1S/C28H28N4O2/c33-24-14-16-31(17-15-24)22-9-6-20(7-10-22)28(34)29-21-8-13-26-25(18-21)30-27(32(26)23-11-12-23)19-4-2-1-3-5-19/h1-10,13,18,23-24,33H,11-12,14-17H2,(H,29,34). The summed E-state index contributed by atoms with van der Waals surface area (Å²) in [7, 11) is 0. The largest absolute Gasteiger partial charge is 0.393 e. The molecule has 34 heavy (non-hydrogen) atoms. The molecule has 0 radical (unpaired) electrons. The highest BCUT2D eigenvalue weighted by Gasteiger charge is 2.28. The minimum atomic E-state index is -0.196. The van der Waals surface area contributed by atoms with Crippen molar-refractivity contribution in [2.75, 3.05) is 23.3 Å². The van der Waals surface area contributed by atoms with Crippen LogP contribution in [0, 0.1) is 0 Å². The van der Waals surface area contributed by atoms with Gasteiger partial charge in [-0.1, -0.05) is 30.3 Å². The van der Waals surface area contributed by atoms with E-state index in [1.807, 2.05) is 54.6 Å². The van der Waals surface area contributed by atoms with Crippen LogP contribution in [0.2, 0.25) is 0 Å². The van der Waals surface area contributed by atoms with E-state index in [4.69, 9.17) is 4.98 Å².